The number of nitrogens with zero attached hydrogens (tertiary/aromatic N) is 4. The van der Waals surface area contributed by atoms with Crippen LogP contribution < -0.4 is 5.32 Å². The van der Waals surface area contributed by atoms with Crippen LogP contribution in [-0.4, -0.2) is 30.8 Å². The molecule has 6 nitrogen and oxygen atoms in total. The van der Waals surface area contributed by atoms with Gasteiger partial charge in [-0.2, -0.15) is 13.2 Å². The fourth-order valence-corrected chi connectivity index (χ4v) is 4.34. The molecule has 0 saturated heterocycles. The third-order valence-electron chi connectivity index (χ3n) is 5.99. The molecule has 1 fully saturated rings. The fraction of sp³-hybridized carbons (Fsp3) is 0.381. The van der Waals surface area contributed by atoms with Crippen LogP contribution in [0.4, 0.5) is 13.2 Å². The van der Waals surface area contributed by atoms with Crippen molar-refractivity contribution in [2.75, 3.05) is 0 Å². The number of halogens is 3. The minimum atomic E-state index is -4.29. The third kappa shape index (κ3) is 3.54. The van der Waals surface area contributed by atoms with Gasteiger partial charge in [0.05, 0.1) is 11.3 Å². The lowest BCUT2D eigenvalue weighted by Crippen LogP contribution is -2.32. The molecular formula is C21H21F3N6. The molecule has 3 aromatic heterocycles. The number of hydrogen-bond acceptors (Lipinski definition) is 4. The van der Waals surface area contributed by atoms with E-state index in [0.717, 1.165) is 65.6 Å². The Morgan fingerprint density at radius 3 is 2.57 bits per heavy atom. The van der Waals surface area contributed by atoms with E-state index in [2.05, 4.69) is 25.6 Å². The van der Waals surface area contributed by atoms with Gasteiger partial charge in [0.1, 0.15) is 17.5 Å². The molecule has 1 aliphatic rings. The number of fused-ring (bicyclic) bond motifs is 3. The van der Waals surface area contributed by atoms with Gasteiger partial charge in [0.25, 0.3) is 0 Å². The topological polar surface area (TPSA) is 70.9 Å². The Morgan fingerprint density at radius 2 is 1.83 bits per heavy atom. The lowest BCUT2D eigenvalue weighted by atomic mass is 9.83. The van der Waals surface area contributed by atoms with E-state index >= 15 is 0 Å². The van der Waals surface area contributed by atoms with Gasteiger partial charge in [0.2, 0.25) is 0 Å². The van der Waals surface area contributed by atoms with Crippen LogP contribution >= 0.6 is 0 Å². The van der Waals surface area contributed by atoms with E-state index in [0.29, 0.717) is 18.5 Å². The minimum Gasteiger partial charge on any atom is -0.346 e. The molecule has 0 atom stereocenters. The minimum absolute atomic E-state index is 0.340. The monoisotopic (exact) mass is 414 g/mol. The molecule has 1 aliphatic carbocycles. The molecule has 1 saturated carbocycles. The smallest absolute Gasteiger partial charge is 0.346 e. The highest BCUT2D eigenvalue weighted by atomic mass is 19.4. The van der Waals surface area contributed by atoms with Gasteiger partial charge in [-0.05, 0) is 49.4 Å². The molecule has 0 amide bonds. The number of benzene rings is 1. The average Bonchev–Trinajstić information content (AvgIpc) is 3.38. The van der Waals surface area contributed by atoms with Crippen LogP contribution in [0.3, 0.4) is 0 Å². The number of alkyl halides is 3. The Morgan fingerprint density at radius 1 is 1.07 bits per heavy atom. The van der Waals surface area contributed by atoms with Crippen LogP contribution in [0.5, 0.6) is 0 Å². The summed E-state index contributed by atoms with van der Waals surface area (Å²) in [5.41, 5.74) is 3.11. The standard InChI is InChI=1S/C21H21F3N6/c22-21(23,24)15-5-1-13(2-6-15)11-26-16-7-3-14(4-8-16)18-19-17-9-10-25-20(17)27-12-30(19)29-28-18/h1-2,5-6,9-10,12,14,16,25-26H,3-4,7-8,11H2. The van der Waals surface area contributed by atoms with Crippen LogP contribution in [0.1, 0.15) is 48.4 Å². The van der Waals surface area contributed by atoms with Gasteiger partial charge >= 0.3 is 6.18 Å². The quantitative estimate of drug-likeness (QED) is 0.518. The van der Waals surface area contributed by atoms with E-state index in [4.69, 9.17) is 0 Å². The van der Waals surface area contributed by atoms with E-state index in [1.807, 2.05) is 12.3 Å². The molecule has 0 unspecified atom stereocenters. The van der Waals surface area contributed by atoms with Crippen molar-refractivity contribution in [3.63, 3.8) is 0 Å². The Bertz CT molecular complexity index is 1150. The molecule has 0 bridgehead atoms. The Hall–Kier alpha value is -2.94. The summed E-state index contributed by atoms with van der Waals surface area (Å²) in [5.74, 6) is 0.340. The predicted molar refractivity (Wildman–Crippen MR) is 106 cm³/mol. The first-order valence-electron chi connectivity index (χ1n) is 10.1. The van der Waals surface area contributed by atoms with E-state index in [1.54, 1.807) is 23.0 Å². The summed E-state index contributed by atoms with van der Waals surface area (Å²) >= 11 is 0. The average molecular weight is 414 g/mol. The predicted octanol–water partition coefficient (Wildman–Crippen LogP) is 4.44. The maximum Gasteiger partial charge on any atom is 0.416 e. The Labute approximate surface area is 170 Å². The Kier molecular flexibility index (Phi) is 4.69. The molecule has 0 aliphatic heterocycles. The lowest BCUT2D eigenvalue weighted by molar-refractivity contribution is -0.137. The molecular weight excluding hydrogens is 393 g/mol. The number of aromatic amines is 1. The van der Waals surface area contributed by atoms with Crippen molar-refractivity contribution in [2.24, 2.45) is 0 Å². The molecule has 2 N–H and O–H groups in total. The normalized spacial score (nSPS) is 20.2. The molecule has 4 aromatic rings. The van der Waals surface area contributed by atoms with Crippen molar-refractivity contribution >= 4 is 16.6 Å². The molecule has 0 radical (unpaired) electrons. The summed E-state index contributed by atoms with van der Waals surface area (Å²) in [7, 11) is 0. The van der Waals surface area contributed by atoms with Gasteiger partial charge in [-0.3, -0.25) is 0 Å². The first kappa shape index (κ1) is 19.0. The van der Waals surface area contributed by atoms with E-state index in [-0.39, 0.29) is 0 Å². The summed E-state index contributed by atoms with van der Waals surface area (Å²) in [6.07, 6.45) is 3.23. The van der Waals surface area contributed by atoms with E-state index < -0.39 is 11.7 Å². The molecule has 1 aromatic carbocycles. The van der Waals surface area contributed by atoms with Crippen molar-refractivity contribution in [2.45, 2.75) is 50.4 Å². The van der Waals surface area contributed by atoms with Gasteiger partial charge in [-0.1, -0.05) is 17.3 Å². The maximum absolute atomic E-state index is 12.7. The zero-order valence-corrected chi connectivity index (χ0v) is 16.2. The molecule has 3 heterocycles. The second-order valence-electron chi connectivity index (χ2n) is 7.88. The molecule has 5 rings (SSSR count). The van der Waals surface area contributed by atoms with Crippen molar-refractivity contribution < 1.29 is 13.2 Å². The summed E-state index contributed by atoms with van der Waals surface area (Å²) in [6.45, 7) is 0.568. The first-order valence-corrected chi connectivity index (χ1v) is 10.1. The fourth-order valence-electron chi connectivity index (χ4n) is 4.34. The number of H-pyrrole nitrogens is 1. The largest absolute Gasteiger partial charge is 0.416 e. The van der Waals surface area contributed by atoms with Crippen molar-refractivity contribution in [1.82, 2.24) is 30.1 Å². The summed E-state index contributed by atoms with van der Waals surface area (Å²) in [5, 5.41) is 13.2. The second-order valence-corrected chi connectivity index (χ2v) is 7.88. The van der Waals surface area contributed by atoms with E-state index in [9.17, 15) is 13.2 Å². The molecule has 30 heavy (non-hydrogen) atoms. The van der Waals surface area contributed by atoms with Crippen LogP contribution in [0, 0.1) is 0 Å². The van der Waals surface area contributed by atoms with Crippen LogP contribution in [-0.2, 0) is 12.7 Å². The van der Waals surface area contributed by atoms with Crippen molar-refractivity contribution in [3.05, 3.63) is 59.7 Å². The zero-order valence-electron chi connectivity index (χ0n) is 16.2. The number of aromatic nitrogens is 5. The number of rotatable bonds is 4. The van der Waals surface area contributed by atoms with Gasteiger partial charge in [-0.25, -0.2) is 9.50 Å². The molecule has 156 valence electrons. The highest BCUT2D eigenvalue weighted by Crippen LogP contribution is 2.35. The summed E-state index contributed by atoms with van der Waals surface area (Å²) in [4.78, 5) is 7.47. The van der Waals surface area contributed by atoms with Crippen molar-refractivity contribution in [1.29, 1.82) is 0 Å². The van der Waals surface area contributed by atoms with Crippen LogP contribution in [0.15, 0.2) is 42.9 Å². The zero-order chi connectivity index (χ0) is 20.7. The third-order valence-corrected chi connectivity index (χ3v) is 5.99. The van der Waals surface area contributed by atoms with Crippen LogP contribution in [0.25, 0.3) is 16.6 Å². The molecule has 0 spiro atoms. The Balaban J connectivity index is 1.22. The van der Waals surface area contributed by atoms with Gasteiger partial charge in [0.15, 0.2) is 0 Å². The number of nitrogens with one attached hydrogen (secondary N) is 2. The van der Waals surface area contributed by atoms with Gasteiger partial charge in [0, 0.05) is 30.1 Å². The summed E-state index contributed by atoms with van der Waals surface area (Å²) < 4.78 is 39.8. The number of hydrogen-bond donors (Lipinski definition) is 2. The molecule has 9 heteroatoms. The maximum atomic E-state index is 12.7. The highest BCUT2D eigenvalue weighted by Gasteiger charge is 2.30. The van der Waals surface area contributed by atoms with Gasteiger partial charge < -0.3 is 10.3 Å². The van der Waals surface area contributed by atoms with Crippen LogP contribution in [0.2, 0.25) is 0 Å². The van der Waals surface area contributed by atoms with E-state index in [1.165, 1.54) is 0 Å². The highest BCUT2D eigenvalue weighted by molar-refractivity contribution is 5.92. The first-order chi connectivity index (χ1) is 14.5. The SMILES string of the molecule is FC(F)(F)c1ccc(CNC2CCC(c3nnn4cnc5[nH]ccc5c34)CC2)cc1. The van der Waals surface area contributed by atoms with Crippen molar-refractivity contribution in [3.8, 4) is 0 Å². The summed E-state index contributed by atoms with van der Waals surface area (Å²) in [6, 6.07) is 7.71. The lowest BCUT2D eigenvalue weighted by Gasteiger charge is -2.28. The second kappa shape index (κ2) is 7.39. The van der Waals surface area contributed by atoms with Gasteiger partial charge in [-0.15, -0.1) is 5.10 Å².